The molecule has 1 amide bonds. The molecule has 1 atom stereocenters. The van der Waals surface area contributed by atoms with E-state index >= 15 is 0 Å². The summed E-state index contributed by atoms with van der Waals surface area (Å²) in [7, 11) is 0. The third-order valence-corrected chi connectivity index (χ3v) is 9.80. The molecule has 0 radical (unpaired) electrons. The number of pyridine rings is 1. The summed E-state index contributed by atoms with van der Waals surface area (Å²) >= 11 is 1.75. The van der Waals surface area contributed by atoms with Crippen molar-refractivity contribution in [1.29, 1.82) is 0 Å². The first-order chi connectivity index (χ1) is 21.3. The third-order valence-electron chi connectivity index (χ3n) is 8.93. The topological polar surface area (TPSA) is 80.1 Å². The van der Waals surface area contributed by atoms with Crippen LogP contribution in [0.5, 0.6) is 0 Å². The van der Waals surface area contributed by atoms with Crippen LogP contribution < -0.4 is 5.32 Å². The molecule has 0 unspecified atom stereocenters. The normalized spacial score (nSPS) is 15.3. The Balaban J connectivity index is 1.26. The fraction of sp³-hybridized carbons (Fsp3) is 0.500. The van der Waals surface area contributed by atoms with Gasteiger partial charge in [-0.3, -0.25) is 19.5 Å². The Morgan fingerprint density at radius 3 is 2.52 bits per heavy atom. The SMILES string of the molecule is CCC(CC)n1c(Cc2cccs2)nc2cc(C(=O)C[C@@H](CC(C)C)C(=O)NC3CCN(Cc4cccnc4)CC3)ccc21. The summed E-state index contributed by atoms with van der Waals surface area (Å²) in [4.78, 5) is 40.2. The van der Waals surface area contributed by atoms with E-state index in [4.69, 9.17) is 4.98 Å². The highest BCUT2D eigenvalue weighted by atomic mass is 32.1. The summed E-state index contributed by atoms with van der Waals surface area (Å²) in [5.41, 5.74) is 3.79. The smallest absolute Gasteiger partial charge is 0.223 e. The number of hydrogen-bond acceptors (Lipinski definition) is 6. The van der Waals surface area contributed by atoms with E-state index in [1.807, 2.05) is 24.4 Å². The van der Waals surface area contributed by atoms with Gasteiger partial charge in [0.15, 0.2) is 5.78 Å². The lowest BCUT2D eigenvalue weighted by Gasteiger charge is -2.33. The van der Waals surface area contributed by atoms with Gasteiger partial charge in [0.1, 0.15) is 5.82 Å². The number of nitrogens with zero attached hydrogens (tertiary/aromatic N) is 4. The molecular weight excluding hydrogens is 566 g/mol. The van der Waals surface area contributed by atoms with E-state index in [0.717, 1.165) is 68.6 Å². The van der Waals surface area contributed by atoms with Gasteiger partial charge in [0.25, 0.3) is 0 Å². The highest BCUT2D eigenvalue weighted by molar-refractivity contribution is 7.09. The molecule has 5 rings (SSSR count). The van der Waals surface area contributed by atoms with E-state index in [2.05, 4.69) is 77.1 Å². The molecule has 0 spiro atoms. The average Bonchev–Trinajstić information content (AvgIpc) is 3.66. The zero-order chi connectivity index (χ0) is 31.1. The van der Waals surface area contributed by atoms with Crippen molar-refractivity contribution in [2.75, 3.05) is 13.1 Å². The molecule has 1 fully saturated rings. The minimum atomic E-state index is -0.344. The molecule has 4 aromatic rings. The number of hydrogen-bond donors (Lipinski definition) is 1. The van der Waals surface area contributed by atoms with Crippen molar-refractivity contribution >= 4 is 34.1 Å². The van der Waals surface area contributed by atoms with Gasteiger partial charge in [-0.05, 0) is 79.3 Å². The van der Waals surface area contributed by atoms with Crippen LogP contribution >= 0.6 is 11.3 Å². The first-order valence-corrected chi connectivity index (χ1v) is 17.2. The maximum atomic E-state index is 13.7. The maximum Gasteiger partial charge on any atom is 0.223 e. The van der Waals surface area contributed by atoms with Crippen molar-refractivity contribution < 1.29 is 9.59 Å². The van der Waals surface area contributed by atoms with E-state index < -0.39 is 0 Å². The molecule has 4 heterocycles. The Morgan fingerprint density at radius 2 is 1.86 bits per heavy atom. The monoisotopic (exact) mass is 613 g/mol. The molecule has 7 nitrogen and oxygen atoms in total. The number of fused-ring (bicyclic) bond motifs is 1. The first-order valence-electron chi connectivity index (χ1n) is 16.3. The van der Waals surface area contributed by atoms with Crippen LogP contribution in [0.4, 0.5) is 0 Å². The van der Waals surface area contributed by atoms with Gasteiger partial charge < -0.3 is 9.88 Å². The predicted octanol–water partition coefficient (Wildman–Crippen LogP) is 7.46. The summed E-state index contributed by atoms with van der Waals surface area (Å²) < 4.78 is 2.38. The number of aromatic nitrogens is 3. The number of nitrogens with one attached hydrogen (secondary N) is 1. The van der Waals surface area contributed by atoms with Crippen LogP contribution in [0.1, 0.15) is 98.9 Å². The second kappa shape index (κ2) is 15.1. The van der Waals surface area contributed by atoms with Crippen LogP contribution in [0.2, 0.25) is 0 Å². The van der Waals surface area contributed by atoms with Crippen molar-refractivity contribution in [3.8, 4) is 0 Å². The van der Waals surface area contributed by atoms with Crippen LogP contribution in [0.15, 0.2) is 60.2 Å². The lowest BCUT2D eigenvalue weighted by molar-refractivity contribution is -0.126. The predicted molar refractivity (Wildman–Crippen MR) is 179 cm³/mol. The number of ketones is 1. The number of piperidine rings is 1. The highest BCUT2D eigenvalue weighted by Crippen LogP contribution is 2.29. The molecular formula is C36H47N5O2S. The van der Waals surface area contributed by atoms with Gasteiger partial charge in [0, 0.05) is 73.3 Å². The molecule has 1 aliphatic rings. The van der Waals surface area contributed by atoms with Gasteiger partial charge in [-0.1, -0.05) is 39.8 Å². The zero-order valence-corrected chi connectivity index (χ0v) is 27.5. The van der Waals surface area contributed by atoms with E-state index in [1.165, 1.54) is 10.4 Å². The number of imidazole rings is 1. The second-order valence-electron chi connectivity index (χ2n) is 12.7. The summed E-state index contributed by atoms with van der Waals surface area (Å²) in [6, 6.07) is 14.7. The molecule has 1 aromatic carbocycles. The fourth-order valence-corrected chi connectivity index (χ4v) is 7.28. The lowest BCUT2D eigenvalue weighted by Crippen LogP contribution is -2.46. The number of carbonyl (C=O) groups is 2. The highest BCUT2D eigenvalue weighted by Gasteiger charge is 2.28. The summed E-state index contributed by atoms with van der Waals surface area (Å²) in [6.45, 7) is 11.4. The van der Waals surface area contributed by atoms with Crippen molar-refractivity contribution in [3.63, 3.8) is 0 Å². The maximum absolute atomic E-state index is 13.7. The second-order valence-corrected chi connectivity index (χ2v) is 13.7. The molecule has 44 heavy (non-hydrogen) atoms. The van der Waals surface area contributed by atoms with Crippen molar-refractivity contribution in [2.24, 2.45) is 11.8 Å². The number of thiophene rings is 1. The molecule has 1 N–H and O–H groups in total. The Morgan fingerprint density at radius 1 is 1.07 bits per heavy atom. The number of rotatable bonds is 14. The summed E-state index contributed by atoms with van der Waals surface area (Å²) in [5, 5.41) is 5.41. The molecule has 1 saturated heterocycles. The third kappa shape index (κ3) is 8.02. The van der Waals surface area contributed by atoms with Crippen molar-refractivity contribution in [3.05, 3.63) is 82.1 Å². The number of benzene rings is 1. The van der Waals surface area contributed by atoms with Crippen molar-refractivity contribution in [2.45, 2.75) is 91.3 Å². The van der Waals surface area contributed by atoms with Crippen LogP contribution in [0.3, 0.4) is 0 Å². The Kier molecular flexibility index (Phi) is 11.0. The van der Waals surface area contributed by atoms with Crippen LogP contribution in [0.25, 0.3) is 11.0 Å². The Bertz CT molecular complexity index is 1500. The van der Waals surface area contributed by atoms with E-state index in [1.54, 1.807) is 17.5 Å². The zero-order valence-electron chi connectivity index (χ0n) is 26.7. The van der Waals surface area contributed by atoms with Gasteiger partial charge in [0.05, 0.1) is 11.0 Å². The number of likely N-dealkylation sites (tertiary alicyclic amines) is 1. The quantitative estimate of drug-likeness (QED) is 0.149. The van der Waals surface area contributed by atoms with Crippen LogP contribution in [0, 0.1) is 11.8 Å². The van der Waals surface area contributed by atoms with Crippen molar-refractivity contribution in [1.82, 2.24) is 24.8 Å². The number of amides is 1. The summed E-state index contributed by atoms with van der Waals surface area (Å²) in [5.74, 6) is 1.04. The minimum absolute atomic E-state index is 0.00934. The van der Waals surface area contributed by atoms with Gasteiger partial charge in [-0.25, -0.2) is 4.98 Å². The number of Topliss-reactive ketones (excluding diaryl/α,β-unsaturated/α-hetero) is 1. The largest absolute Gasteiger partial charge is 0.353 e. The molecule has 1 aliphatic heterocycles. The first kappa shape index (κ1) is 32.0. The van der Waals surface area contributed by atoms with Gasteiger partial charge >= 0.3 is 0 Å². The molecule has 8 heteroatoms. The molecule has 3 aromatic heterocycles. The molecule has 0 bridgehead atoms. The molecule has 0 aliphatic carbocycles. The lowest BCUT2D eigenvalue weighted by atomic mass is 9.89. The van der Waals surface area contributed by atoms with E-state index in [-0.39, 0.29) is 30.1 Å². The molecule has 0 saturated carbocycles. The van der Waals surface area contributed by atoms with Gasteiger partial charge in [-0.15, -0.1) is 11.3 Å². The Hall–Kier alpha value is -3.36. The van der Waals surface area contributed by atoms with Gasteiger partial charge in [-0.2, -0.15) is 0 Å². The van der Waals surface area contributed by atoms with Crippen LogP contribution in [-0.4, -0.2) is 50.3 Å². The minimum Gasteiger partial charge on any atom is -0.353 e. The number of carbonyl (C=O) groups excluding carboxylic acids is 2. The standard InChI is InChI=1S/C36H47N5O2S/c1-5-30(6-2)41-33-12-11-27(20-32(33)39-35(41)22-31-10-8-18-44-31)34(42)21-28(19-25(3)4)36(43)38-29-13-16-40(17-14-29)24-26-9-7-15-37-23-26/h7-12,15,18,20,23,25,28-30H,5-6,13-14,16-17,19,21-22,24H2,1-4H3,(H,38,43)/t28-/m1/s1. The van der Waals surface area contributed by atoms with Crippen LogP contribution in [-0.2, 0) is 17.8 Å². The summed E-state index contributed by atoms with van der Waals surface area (Å²) in [6.07, 6.45) is 9.28. The Labute approximate surface area is 266 Å². The van der Waals surface area contributed by atoms with E-state index in [0.29, 0.717) is 23.9 Å². The average molecular weight is 614 g/mol. The van der Waals surface area contributed by atoms with Gasteiger partial charge in [0.2, 0.25) is 5.91 Å². The van der Waals surface area contributed by atoms with E-state index in [9.17, 15) is 9.59 Å². The fourth-order valence-electron chi connectivity index (χ4n) is 6.58. The molecule has 234 valence electrons.